The number of halogens is 1. The summed E-state index contributed by atoms with van der Waals surface area (Å²) in [5.41, 5.74) is -1.17. The molecule has 0 aliphatic heterocycles. The monoisotopic (exact) mass is 463 g/mol. The van der Waals surface area contributed by atoms with Gasteiger partial charge in [0.05, 0.1) is 30.8 Å². The number of allylic oxidation sites excluding steroid dienone is 1. The summed E-state index contributed by atoms with van der Waals surface area (Å²) in [4.78, 5) is 25.1. The summed E-state index contributed by atoms with van der Waals surface area (Å²) in [5, 5.41) is 10.8. The number of carbonyl (C=O) groups excluding carboxylic acids is 2. The largest absolute Gasteiger partial charge is 0.466 e. The highest BCUT2D eigenvalue weighted by Gasteiger charge is 2.76. The van der Waals surface area contributed by atoms with Gasteiger partial charge >= 0.3 is 5.97 Å². The number of nitriles is 1. The van der Waals surface area contributed by atoms with Crippen LogP contribution in [0.4, 0.5) is 0 Å². The molecule has 0 heterocycles. The highest BCUT2D eigenvalue weighted by molar-refractivity contribution is 9.09. The SMILES string of the molecule is CC(=O)OCC[C@]12CC(=O)C3[C@]4(CCC[C@@]3(C)C#N)[C@@H](OCCBr)[C@@H]1C=CC[C@@H]24. The summed E-state index contributed by atoms with van der Waals surface area (Å²) >= 11 is 3.49. The maximum Gasteiger partial charge on any atom is 0.302 e. The first-order valence-corrected chi connectivity index (χ1v) is 11.9. The smallest absolute Gasteiger partial charge is 0.302 e. The topological polar surface area (TPSA) is 76.4 Å². The number of ketones is 1. The van der Waals surface area contributed by atoms with E-state index in [1.807, 2.05) is 6.92 Å². The Morgan fingerprint density at radius 2 is 2.17 bits per heavy atom. The quantitative estimate of drug-likeness (QED) is 0.335. The molecule has 1 spiro atoms. The first-order valence-electron chi connectivity index (χ1n) is 10.8. The van der Waals surface area contributed by atoms with E-state index in [2.05, 4.69) is 34.2 Å². The van der Waals surface area contributed by atoms with Crippen molar-refractivity contribution in [2.75, 3.05) is 18.5 Å². The van der Waals surface area contributed by atoms with Crippen LogP contribution < -0.4 is 0 Å². The molecule has 158 valence electrons. The number of ether oxygens (including phenoxy) is 2. The zero-order chi connectivity index (χ0) is 20.9. The van der Waals surface area contributed by atoms with Crippen molar-refractivity contribution in [3.05, 3.63) is 12.2 Å². The molecular weight excluding hydrogens is 434 g/mol. The Hall–Kier alpha value is -1.19. The van der Waals surface area contributed by atoms with Crippen molar-refractivity contribution in [1.82, 2.24) is 0 Å². The van der Waals surface area contributed by atoms with Crippen molar-refractivity contribution in [3.63, 3.8) is 0 Å². The van der Waals surface area contributed by atoms with Gasteiger partial charge in [-0.1, -0.05) is 34.5 Å². The van der Waals surface area contributed by atoms with Gasteiger partial charge in [-0.15, -0.1) is 0 Å². The number of hydrogen-bond donors (Lipinski definition) is 0. The van der Waals surface area contributed by atoms with E-state index in [1.54, 1.807) is 0 Å². The van der Waals surface area contributed by atoms with E-state index in [9.17, 15) is 14.9 Å². The summed E-state index contributed by atoms with van der Waals surface area (Å²) in [5.74, 6) is 0.0861. The van der Waals surface area contributed by atoms with Gasteiger partial charge in [-0.3, -0.25) is 9.59 Å². The van der Waals surface area contributed by atoms with Crippen molar-refractivity contribution >= 4 is 27.7 Å². The summed E-state index contributed by atoms with van der Waals surface area (Å²) < 4.78 is 11.8. The number of nitrogens with zero attached hydrogens (tertiary/aromatic N) is 1. The van der Waals surface area contributed by atoms with Crippen LogP contribution in [0.2, 0.25) is 0 Å². The van der Waals surface area contributed by atoms with Gasteiger partial charge in [-0.2, -0.15) is 5.26 Å². The van der Waals surface area contributed by atoms with Gasteiger partial charge in [0.1, 0.15) is 5.78 Å². The molecule has 29 heavy (non-hydrogen) atoms. The van der Waals surface area contributed by atoms with E-state index in [0.717, 1.165) is 31.0 Å². The average molecular weight is 464 g/mol. The molecule has 0 amide bonds. The van der Waals surface area contributed by atoms with Crippen molar-refractivity contribution < 1.29 is 19.1 Å². The summed E-state index contributed by atoms with van der Waals surface area (Å²) in [6.45, 7) is 4.34. The average Bonchev–Trinajstić information content (AvgIpc) is 2.78. The van der Waals surface area contributed by atoms with E-state index >= 15 is 0 Å². The molecule has 6 heteroatoms. The Labute approximate surface area is 181 Å². The number of hydrogen-bond acceptors (Lipinski definition) is 5. The molecule has 4 aliphatic rings. The fourth-order valence-corrected chi connectivity index (χ4v) is 7.91. The lowest BCUT2D eigenvalue weighted by Gasteiger charge is -2.58. The normalized spacial score (nSPS) is 44.8. The van der Waals surface area contributed by atoms with Gasteiger partial charge < -0.3 is 9.47 Å². The molecule has 4 bridgehead atoms. The van der Waals surface area contributed by atoms with Crippen LogP contribution in [0.1, 0.15) is 52.4 Å². The molecule has 5 nitrogen and oxygen atoms in total. The molecule has 7 atom stereocenters. The third-order valence-corrected chi connectivity index (χ3v) is 8.71. The molecule has 4 aliphatic carbocycles. The Morgan fingerprint density at radius 1 is 1.38 bits per heavy atom. The standard InChI is InChI=1S/C23H30BrNO4/c1-15(26)28-11-9-22-13-17(27)19-21(2,14-25)7-4-8-23(19)18(22)6-3-5-16(22)20(23)29-12-10-24/h3,5,16,18-20H,4,6-13H2,1-2H3/t16-,18-,19?,20-,21-,22-,23+/m0/s1. The molecule has 1 unspecified atom stereocenters. The van der Waals surface area contributed by atoms with Crippen LogP contribution in [0.3, 0.4) is 0 Å². The summed E-state index contributed by atoms with van der Waals surface area (Å²) in [7, 11) is 0. The van der Waals surface area contributed by atoms with Crippen LogP contribution in [0.25, 0.3) is 0 Å². The summed E-state index contributed by atoms with van der Waals surface area (Å²) in [6.07, 6.45) is 9.17. The van der Waals surface area contributed by atoms with Crippen molar-refractivity contribution in [1.29, 1.82) is 5.26 Å². The third-order valence-electron chi connectivity index (χ3n) is 8.39. The number of alkyl halides is 1. The van der Waals surface area contributed by atoms with Crippen LogP contribution in [0.5, 0.6) is 0 Å². The van der Waals surface area contributed by atoms with Gasteiger partial charge in [0.15, 0.2) is 0 Å². The molecule has 0 saturated heterocycles. The minimum absolute atomic E-state index is 0.0643. The molecule has 0 aromatic heterocycles. The second kappa shape index (κ2) is 7.50. The highest BCUT2D eigenvalue weighted by atomic mass is 79.9. The highest BCUT2D eigenvalue weighted by Crippen LogP contribution is 2.76. The fraction of sp³-hybridized carbons (Fsp3) is 0.783. The zero-order valence-corrected chi connectivity index (χ0v) is 18.9. The maximum atomic E-state index is 13.7. The molecular formula is C23H30BrNO4. The van der Waals surface area contributed by atoms with Gasteiger partial charge in [0.2, 0.25) is 0 Å². The Balaban J connectivity index is 1.82. The second-order valence-corrected chi connectivity index (χ2v) is 10.4. The molecule has 0 aromatic carbocycles. The number of esters is 1. The number of carbonyl (C=O) groups is 2. The molecule has 0 aromatic rings. The van der Waals surface area contributed by atoms with E-state index in [0.29, 0.717) is 26.1 Å². The van der Waals surface area contributed by atoms with Crippen LogP contribution >= 0.6 is 15.9 Å². The molecule has 0 radical (unpaired) electrons. The minimum Gasteiger partial charge on any atom is -0.466 e. The summed E-state index contributed by atoms with van der Waals surface area (Å²) in [6, 6.07) is 2.54. The van der Waals surface area contributed by atoms with E-state index in [1.165, 1.54) is 6.92 Å². The lowest BCUT2D eigenvalue weighted by molar-refractivity contribution is -0.166. The molecule has 3 saturated carbocycles. The van der Waals surface area contributed by atoms with Crippen LogP contribution in [0, 0.1) is 45.3 Å². The van der Waals surface area contributed by atoms with E-state index in [-0.39, 0.29) is 46.4 Å². The molecule has 3 fully saturated rings. The number of rotatable bonds is 6. The Morgan fingerprint density at radius 3 is 2.86 bits per heavy atom. The first kappa shape index (κ1) is 21.1. The van der Waals surface area contributed by atoms with Gasteiger partial charge in [0.25, 0.3) is 0 Å². The minimum atomic E-state index is -0.634. The van der Waals surface area contributed by atoms with E-state index < -0.39 is 5.41 Å². The number of Topliss-reactive ketones (excluding diaryl/α,β-unsaturated/α-hetero) is 1. The van der Waals surface area contributed by atoms with Gasteiger partial charge in [-0.05, 0) is 43.9 Å². The Kier molecular flexibility index (Phi) is 5.44. The van der Waals surface area contributed by atoms with Crippen LogP contribution in [-0.2, 0) is 19.1 Å². The van der Waals surface area contributed by atoms with Crippen molar-refractivity contribution in [3.8, 4) is 6.07 Å². The fourth-order valence-electron chi connectivity index (χ4n) is 7.72. The van der Waals surface area contributed by atoms with Crippen molar-refractivity contribution in [2.24, 2.45) is 34.0 Å². The van der Waals surface area contributed by atoms with Crippen molar-refractivity contribution in [2.45, 2.75) is 58.5 Å². The lowest BCUT2D eigenvalue weighted by atomic mass is 9.44. The van der Waals surface area contributed by atoms with Crippen LogP contribution in [-0.4, -0.2) is 36.4 Å². The maximum absolute atomic E-state index is 13.7. The Bertz CT molecular complexity index is 775. The third kappa shape index (κ3) is 2.87. The second-order valence-electron chi connectivity index (χ2n) is 9.62. The molecule has 0 N–H and O–H groups in total. The molecule has 4 rings (SSSR count). The van der Waals surface area contributed by atoms with Crippen LogP contribution in [0.15, 0.2) is 12.2 Å². The van der Waals surface area contributed by atoms with E-state index in [4.69, 9.17) is 9.47 Å². The van der Waals surface area contributed by atoms with Gasteiger partial charge in [-0.25, -0.2) is 0 Å². The van der Waals surface area contributed by atoms with Gasteiger partial charge in [0, 0.05) is 35.9 Å². The predicted octanol–water partition coefficient (Wildman–Crippen LogP) is 4.20. The first-order chi connectivity index (χ1) is 13.9. The predicted molar refractivity (Wildman–Crippen MR) is 111 cm³/mol. The lowest BCUT2D eigenvalue weighted by Crippen LogP contribution is -2.59. The zero-order valence-electron chi connectivity index (χ0n) is 17.3.